The molecule has 2 heterocycles. The standard InChI is InChI=1S/C77H120N10O14/c1-18-51(10)57-44-65(90)61(41-55-31-24-20-25-32-55)81-74(98)70(50(8)9)86(17)67(92)33-28-34-82(13)68(93)43-56(76(100)87-35-26-21-27-36-87)42-64(89)60(40-54-29-22-19-23-30-54)80-73(97)63(39-49(6)7)84(15)69(94)46-78-72(96)62(38-48(4)5)85(16)75(99)52(11)83(14)77(101)58(53(12)88)45-66(91)59(37-47(2)3)79-71(57)95/h19-20,22-25,29-32,47-53,56-63,70,88H,18,21,26-28,33-46H2,1-17H3,(H,78,96)(H,79,95)(H,80,97)(H,81,98)/t51-,52-,53+,56-,57-,58-,59-,60-,61-,62-,63-,70-/m0/s1. The summed E-state index contributed by atoms with van der Waals surface area (Å²) >= 11 is 0. The summed E-state index contributed by atoms with van der Waals surface area (Å²) in [5, 5.41) is 22.7. The number of aliphatic hydroxyl groups is 1. The minimum absolute atomic E-state index is 0.00457. The maximum atomic E-state index is 15.0. The second-order valence-corrected chi connectivity index (χ2v) is 30.0. The third-order valence-electron chi connectivity index (χ3n) is 20.1. The summed E-state index contributed by atoms with van der Waals surface area (Å²) in [6, 6.07) is 9.70. The van der Waals surface area contributed by atoms with Gasteiger partial charge in [0.15, 0.2) is 17.3 Å². The predicted octanol–water partition coefficient (Wildman–Crippen LogP) is 5.97. The number of nitrogens with zero attached hydrogens (tertiary/aromatic N) is 6. The fourth-order valence-electron chi connectivity index (χ4n) is 13.4. The lowest BCUT2D eigenvalue weighted by atomic mass is 9.83. The number of hydrogen-bond donors (Lipinski definition) is 5. The Morgan fingerprint density at radius 3 is 1.49 bits per heavy atom. The summed E-state index contributed by atoms with van der Waals surface area (Å²) in [6.07, 6.45) is 0.193. The Bertz CT molecular complexity index is 3120. The highest BCUT2D eigenvalue weighted by atomic mass is 16.3. The molecule has 5 N–H and O–H groups in total. The predicted molar refractivity (Wildman–Crippen MR) is 387 cm³/mol. The molecule has 2 aliphatic heterocycles. The van der Waals surface area contributed by atoms with Gasteiger partial charge in [0, 0.05) is 92.9 Å². The molecule has 2 fully saturated rings. The average molecular weight is 1410 g/mol. The van der Waals surface area contributed by atoms with Gasteiger partial charge in [0.1, 0.15) is 24.2 Å². The Morgan fingerprint density at radius 2 is 0.980 bits per heavy atom. The Labute approximate surface area is 600 Å². The lowest BCUT2D eigenvalue weighted by Gasteiger charge is -2.35. The quantitative estimate of drug-likeness (QED) is 0.137. The van der Waals surface area contributed by atoms with E-state index in [1.807, 2.05) is 61.5 Å². The van der Waals surface area contributed by atoms with Crippen LogP contribution in [0.5, 0.6) is 0 Å². The molecule has 0 spiro atoms. The van der Waals surface area contributed by atoms with Gasteiger partial charge in [-0.2, -0.15) is 0 Å². The molecular weight excluding hydrogens is 1290 g/mol. The van der Waals surface area contributed by atoms with Crippen LogP contribution in [0.4, 0.5) is 0 Å². The zero-order valence-corrected chi connectivity index (χ0v) is 63.4. The van der Waals surface area contributed by atoms with Gasteiger partial charge in [0.05, 0.1) is 42.6 Å². The number of aliphatic hydroxyl groups excluding tert-OH is 1. The van der Waals surface area contributed by atoms with Crippen molar-refractivity contribution in [3.05, 3.63) is 71.8 Å². The van der Waals surface area contributed by atoms with Crippen LogP contribution in [-0.4, -0.2) is 221 Å². The molecule has 10 amide bonds. The van der Waals surface area contributed by atoms with Crippen molar-refractivity contribution in [1.82, 2.24) is 50.7 Å². The van der Waals surface area contributed by atoms with Crippen molar-refractivity contribution in [3.63, 3.8) is 0 Å². The van der Waals surface area contributed by atoms with Crippen molar-refractivity contribution >= 4 is 76.4 Å². The molecule has 2 aromatic rings. The molecule has 0 unspecified atom stereocenters. The van der Waals surface area contributed by atoms with E-state index in [2.05, 4.69) is 21.3 Å². The molecule has 0 saturated carbocycles. The van der Waals surface area contributed by atoms with E-state index in [-0.39, 0.29) is 88.0 Å². The fourth-order valence-corrected chi connectivity index (χ4v) is 13.4. The molecule has 24 heteroatoms. The first-order chi connectivity index (χ1) is 47.5. The maximum Gasteiger partial charge on any atom is 0.245 e. The van der Waals surface area contributed by atoms with E-state index in [4.69, 9.17) is 0 Å². The summed E-state index contributed by atoms with van der Waals surface area (Å²) in [5.41, 5.74) is 1.40. The van der Waals surface area contributed by atoms with Crippen molar-refractivity contribution < 1.29 is 67.4 Å². The highest BCUT2D eigenvalue weighted by Crippen LogP contribution is 2.27. The van der Waals surface area contributed by atoms with Gasteiger partial charge in [-0.25, -0.2) is 0 Å². The van der Waals surface area contributed by atoms with Crippen molar-refractivity contribution in [3.8, 4) is 0 Å². The first kappa shape index (κ1) is 85.5. The average Bonchev–Trinajstić information content (AvgIpc) is 0.836. The summed E-state index contributed by atoms with van der Waals surface area (Å²) in [6.45, 7) is 21.4. The number of carbonyl (C=O) groups excluding carboxylic acids is 13. The van der Waals surface area contributed by atoms with Crippen LogP contribution in [-0.2, 0) is 75.2 Å². The van der Waals surface area contributed by atoms with Gasteiger partial charge in [0.25, 0.3) is 0 Å². The van der Waals surface area contributed by atoms with E-state index in [0.717, 1.165) is 24.2 Å². The second-order valence-electron chi connectivity index (χ2n) is 30.0. The number of likely N-dealkylation sites (tertiary alicyclic amines) is 1. The largest absolute Gasteiger partial charge is 0.393 e. The second kappa shape index (κ2) is 41.3. The van der Waals surface area contributed by atoms with Crippen molar-refractivity contribution in [1.29, 1.82) is 0 Å². The van der Waals surface area contributed by atoms with Gasteiger partial charge < -0.3 is 55.8 Å². The number of ketones is 3. The van der Waals surface area contributed by atoms with E-state index in [9.17, 15) is 67.4 Å². The van der Waals surface area contributed by atoms with Crippen LogP contribution in [0.15, 0.2) is 60.7 Å². The van der Waals surface area contributed by atoms with Gasteiger partial charge in [-0.15, -0.1) is 0 Å². The van der Waals surface area contributed by atoms with Crippen molar-refractivity contribution in [2.75, 3.05) is 61.4 Å². The molecule has 562 valence electrons. The van der Waals surface area contributed by atoms with Crippen LogP contribution in [0.2, 0.25) is 0 Å². The molecule has 2 saturated heterocycles. The van der Waals surface area contributed by atoms with E-state index in [1.54, 1.807) is 80.4 Å². The number of Topliss-reactive ketones (excluding diaryl/α,β-unsaturated/α-hetero) is 3. The Balaban J connectivity index is 1.83. The number of piperidine rings is 1. The molecule has 0 aliphatic carbocycles. The summed E-state index contributed by atoms with van der Waals surface area (Å²) in [5.74, 6) is -12.5. The zero-order chi connectivity index (χ0) is 75.7. The number of carbonyl (C=O) groups is 13. The van der Waals surface area contributed by atoms with Crippen LogP contribution in [0, 0.1) is 47.3 Å². The molecule has 2 aromatic carbocycles. The third kappa shape index (κ3) is 26.2. The Kier molecular flexibility index (Phi) is 34.9. The van der Waals surface area contributed by atoms with E-state index >= 15 is 0 Å². The number of amides is 10. The first-order valence-corrected chi connectivity index (χ1v) is 36.6. The Morgan fingerprint density at radius 1 is 0.495 bits per heavy atom. The maximum absolute atomic E-state index is 15.0. The zero-order valence-electron chi connectivity index (χ0n) is 63.4. The molecule has 12 atom stereocenters. The van der Waals surface area contributed by atoms with Gasteiger partial charge >= 0.3 is 0 Å². The summed E-state index contributed by atoms with van der Waals surface area (Å²) in [7, 11) is 7.21. The number of rotatable bonds is 15. The summed E-state index contributed by atoms with van der Waals surface area (Å²) in [4.78, 5) is 198. The smallest absolute Gasteiger partial charge is 0.245 e. The molecule has 4 rings (SSSR count). The minimum atomic E-state index is -1.42. The first-order valence-electron chi connectivity index (χ1n) is 36.6. The topological polar surface area (TPSA) is 310 Å². The van der Waals surface area contributed by atoms with Crippen LogP contribution < -0.4 is 21.3 Å². The molecule has 0 bridgehead atoms. The number of likely N-dealkylation sites (N-methyl/N-ethyl adjacent to an activating group) is 4. The third-order valence-corrected chi connectivity index (χ3v) is 20.1. The summed E-state index contributed by atoms with van der Waals surface area (Å²) < 4.78 is 0. The molecule has 101 heavy (non-hydrogen) atoms. The van der Waals surface area contributed by atoms with Crippen LogP contribution in [0.3, 0.4) is 0 Å². The highest BCUT2D eigenvalue weighted by molar-refractivity contribution is 5.99. The molecule has 2 aliphatic rings. The SMILES string of the molecule is CC[C@H](C)[C@@H]1CC(=O)[C@H](Cc2ccccc2)NC(=O)[C@H](C(C)C)N(C)C(=O)CCCN(C)C(=O)C[C@@H](C(=O)N2CCCCC2)CC(=O)[C@H](Cc2ccccc2)NC(=O)[C@H](CC(C)C)N(C)C(=O)CNC(=O)[C@H](CC(C)C)N(C)C(=O)[C@H](C)N(C)C(=O)[C@H]([C@@H](C)O)CC(=O)[C@H](CC(C)C)NC1=O. The monoisotopic (exact) mass is 1410 g/mol. The van der Waals surface area contributed by atoms with Gasteiger partial charge in [0.2, 0.25) is 59.1 Å². The number of nitrogens with one attached hydrogen (secondary N) is 4. The van der Waals surface area contributed by atoms with Gasteiger partial charge in [-0.1, -0.05) is 136 Å². The lowest BCUT2D eigenvalue weighted by Crippen LogP contribution is -2.57. The number of benzene rings is 2. The molecule has 0 radical (unpaired) electrons. The van der Waals surface area contributed by atoms with Gasteiger partial charge in [-0.05, 0) is 112 Å². The van der Waals surface area contributed by atoms with Crippen LogP contribution >= 0.6 is 0 Å². The lowest BCUT2D eigenvalue weighted by molar-refractivity contribution is -0.151. The van der Waals surface area contributed by atoms with Crippen LogP contribution in [0.25, 0.3) is 0 Å². The van der Waals surface area contributed by atoms with E-state index in [1.165, 1.54) is 61.6 Å². The molecule has 24 nitrogen and oxygen atoms in total. The number of hydrogen-bond acceptors (Lipinski definition) is 14. The minimum Gasteiger partial charge on any atom is -0.393 e. The van der Waals surface area contributed by atoms with E-state index in [0.29, 0.717) is 30.6 Å². The molecule has 0 aromatic heterocycles. The highest BCUT2D eigenvalue weighted by Gasteiger charge is 2.42. The Hall–Kier alpha value is -7.89. The van der Waals surface area contributed by atoms with Crippen molar-refractivity contribution in [2.45, 2.75) is 228 Å². The normalized spacial score (nSPS) is 25.8. The fraction of sp³-hybridized carbons (Fsp3) is 0.675. The molecular formula is C77H120N10O14. The van der Waals surface area contributed by atoms with Crippen molar-refractivity contribution in [2.24, 2.45) is 47.3 Å². The van der Waals surface area contributed by atoms with Gasteiger partial charge in [-0.3, -0.25) is 62.3 Å². The van der Waals surface area contributed by atoms with E-state index < -0.39 is 168 Å². The van der Waals surface area contributed by atoms with Crippen LogP contribution in [0.1, 0.15) is 178 Å².